The lowest BCUT2D eigenvalue weighted by Crippen LogP contribution is -2.37. The lowest BCUT2D eigenvalue weighted by Gasteiger charge is -2.18. The molecule has 154 valence electrons. The molecule has 0 aromatic heterocycles. The van der Waals surface area contributed by atoms with Gasteiger partial charge in [-0.3, -0.25) is 9.59 Å². The van der Waals surface area contributed by atoms with Crippen molar-refractivity contribution >= 4 is 29.1 Å². The lowest BCUT2D eigenvalue weighted by molar-refractivity contribution is -0.274. The summed E-state index contributed by atoms with van der Waals surface area (Å²) < 4.78 is 41.1. The fourth-order valence-corrected chi connectivity index (χ4v) is 3.26. The highest BCUT2D eigenvalue weighted by Crippen LogP contribution is 2.30. The van der Waals surface area contributed by atoms with Crippen molar-refractivity contribution in [3.63, 3.8) is 0 Å². The summed E-state index contributed by atoms with van der Waals surface area (Å²) in [7, 11) is 0. The average molecular weight is 427 g/mol. The molecule has 29 heavy (non-hydrogen) atoms. The van der Waals surface area contributed by atoms with Crippen molar-refractivity contribution in [2.45, 2.75) is 19.2 Å². The Morgan fingerprint density at radius 1 is 1.21 bits per heavy atom. The van der Waals surface area contributed by atoms with E-state index in [2.05, 4.69) is 10.1 Å². The fraction of sp³-hybridized carbons (Fsp3) is 0.300. The van der Waals surface area contributed by atoms with Crippen LogP contribution in [0, 0.1) is 5.92 Å². The number of nitrogens with zero attached hydrogens (tertiary/aromatic N) is 1. The maximum Gasteiger partial charge on any atom is 0.573 e. The topological polar surface area (TPSA) is 58.6 Å². The second-order valence-corrected chi connectivity index (χ2v) is 6.98. The summed E-state index contributed by atoms with van der Waals surface area (Å²) in [5.41, 5.74) is 1.25. The minimum atomic E-state index is -4.82. The Morgan fingerprint density at radius 2 is 1.93 bits per heavy atom. The van der Waals surface area contributed by atoms with E-state index in [1.807, 2.05) is 12.1 Å². The number of carbonyl (C=O) groups is 2. The van der Waals surface area contributed by atoms with Crippen LogP contribution in [0.2, 0.25) is 5.02 Å². The highest BCUT2D eigenvalue weighted by Gasteiger charge is 2.38. The normalized spacial score (nSPS) is 16.8. The van der Waals surface area contributed by atoms with E-state index in [0.29, 0.717) is 18.0 Å². The van der Waals surface area contributed by atoms with Crippen molar-refractivity contribution in [1.29, 1.82) is 0 Å². The number of carbonyl (C=O) groups excluding carboxylic acids is 2. The first kappa shape index (κ1) is 21.0. The van der Waals surface area contributed by atoms with Gasteiger partial charge in [0.1, 0.15) is 11.7 Å². The molecule has 0 bridgehead atoms. The molecule has 5 nitrogen and oxygen atoms in total. The monoisotopic (exact) mass is 426 g/mol. The quantitative estimate of drug-likeness (QED) is 0.711. The van der Waals surface area contributed by atoms with Crippen molar-refractivity contribution in [2.24, 2.45) is 5.92 Å². The van der Waals surface area contributed by atoms with Crippen molar-refractivity contribution in [2.75, 3.05) is 18.0 Å². The number of anilines is 1. The Bertz CT molecular complexity index is 887. The molecule has 9 heteroatoms. The van der Waals surface area contributed by atoms with Gasteiger partial charge >= 0.3 is 6.36 Å². The van der Waals surface area contributed by atoms with Gasteiger partial charge in [0.15, 0.2) is 0 Å². The Balaban J connectivity index is 1.57. The van der Waals surface area contributed by atoms with Gasteiger partial charge in [0.2, 0.25) is 11.8 Å². The van der Waals surface area contributed by atoms with Crippen molar-refractivity contribution in [3.8, 4) is 5.75 Å². The third-order valence-electron chi connectivity index (χ3n) is 4.51. The van der Waals surface area contributed by atoms with Crippen LogP contribution in [0.5, 0.6) is 5.75 Å². The zero-order valence-electron chi connectivity index (χ0n) is 15.2. The van der Waals surface area contributed by atoms with Crippen molar-refractivity contribution < 1.29 is 27.5 Å². The summed E-state index contributed by atoms with van der Waals surface area (Å²) >= 11 is 5.83. The number of halogens is 4. The molecule has 1 aliphatic heterocycles. The van der Waals surface area contributed by atoms with Crippen molar-refractivity contribution in [1.82, 2.24) is 5.32 Å². The first-order valence-electron chi connectivity index (χ1n) is 8.92. The summed E-state index contributed by atoms with van der Waals surface area (Å²) in [6.45, 7) is 0.600. The minimum absolute atomic E-state index is 0.240. The smallest absolute Gasteiger partial charge is 0.406 e. The third kappa shape index (κ3) is 5.63. The molecule has 3 rings (SSSR count). The molecule has 1 fully saturated rings. The Hall–Kier alpha value is -2.74. The molecular weight excluding hydrogens is 409 g/mol. The second kappa shape index (κ2) is 8.73. The Morgan fingerprint density at radius 3 is 2.62 bits per heavy atom. The Kier molecular flexibility index (Phi) is 6.32. The SMILES string of the molecule is O=C(NCCc1ccc(Cl)cc1)[C@@H]1CCN(c2cccc(OC(F)(F)F)c2)C1=O. The molecule has 0 unspecified atom stereocenters. The second-order valence-electron chi connectivity index (χ2n) is 6.54. The maximum atomic E-state index is 12.6. The molecule has 1 atom stereocenters. The van der Waals surface area contributed by atoms with Gasteiger partial charge in [-0.15, -0.1) is 13.2 Å². The summed E-state index contributed by atoms with van der Waals surface area (Å²) in [6.07, 6.45) is -3.94. The van der Waals surface area contributed by atoms with Gasteiger partial charge in [-0.25, -0.2) is 0 Å². The highest BCUT2D eigenvalue weighted by atomic mass is 35.5. The number of nitrogens with one attached hydrogen (secondary N) is 1. The maximum absolute atomic E-state index is 12.6. The molecule has 1 N–H and O–H groups in total. The minimum Gasteiger partial charge on any atom is -0.406 e. The zero-order chi connectivity index (χ0) is 21.0. The fourth-order valence-electron chi connectivity index (χ4n) is 3.13. The first-order chi connectivity index (χ1) is 13.7. The van der Waals surface area contributed by atoms with Gasteiger partial charge in [0.25, 0.3) is 0 Å². The predicted octanol–water partition coefficient (Wildman–Crippen LogP) is 3.95. The third-order valence-corrected chi connectivity index (χ3v) is 4.76. The van der Waals surface area contributed by atoms with E-state index in [1.54, 1.807) is 12.1 Å². The average Bonchev–Trinajstić information content (AvgIpc) is 3.03. The van der Waals surface area contributed by atoms with Gasteiger partial charge in [-0.05, 0) is 42.7 Å². The van der Waals surface area contributed by atoms with Crippen LogP contribution in [0.3, 0.4) is 0 Å². The largest absolute Gasteiger partial charge is 0.573 e. The molecule has 0 aliphatic carbocycles. The van der Waals surface area contributed by atoms with Crippen molar-refractivity contribution in [3.05, 3.63) is 59.1 Å². The number of amides is 2. The van der Waals surface area contributed by atoms with Crippen LogP contribution in [0.25, 0.3) is 0 Å². The molecule has 2 aromatic carbocycles. The molecule has 2 amide bonds. The van der Waals surface area contributed by atoms with E-state index in [-0.39, 0.29) is 18.7 Å². The molecule has 1 aliphatic rings. The van der Waals surface area contributed by atoms with E-state index in [9.17, 15) is 22.8 Å². The van der Waals surface area contributed by atoms with Gasteiger partial charge in [0.05, 0.1) is 0 Å². The predicted molar refractivity (Wildman–Crippen MR) is 102 cm³/mol. The molecule has 0 saturated carbocycles. The van der Waals surface area contributed by atoms with Crippen LogP contribution in [0.4, 0.5) is 18.9 Å². The van der Waals surface area contributed by atoms with Gasteiger partial charge in [-0.1, -0.05) is 29.8 Å². The van der Waals surface area contributed by atoms with Crippen LogP contribution < -0.4 is 15.0 Å². The van der Waals surface area contributed by atoms with Crippen LogP contribution >= 0.6 is 11.6 Å². The zero-order valence-corrected chi connectivity index (χ0v) is 16.0. The highest BCUT2D eigenvalue weighted by molar-refractivity contribution is 6.30. The van der Waals surface area contributed by atoms with Gasteiger partial charge in [0, 0.05) is 29.9 Å². The molecule has 1 saturated heterocycles. The Labute approximate surface area is 170 Å². The van der Waals surface area contributed by atoms with Crippen LogP contribution in [0.1, 0.15) is 12.0 Å². The summed E-state index contributed by atoms with van der Waals surface area (Å²) in [5.74, 6) is -2.13. The number of rotatable bonds is 6. The number of ether oxygens (including phenoxy) is 1. The summed E-state index contributed by atoms with van der Waals surface area (Å²) in [5, 5.41) is 3.36. The molecule has 2 aromatic rings. The molecule has 0 radical (unpaired) electrons. The van der Waals surface area contributed by atoms with E-state index >= 15 is 0 Å². The van der Waals surface area contributed by atoms with E-state index in [0.717, 1.165) is 17.7 Å². The van der Waals surface area contributed by atoms with E-state index < -0.39 is 29.8 Å². The molecule has 1 heterocycles. The van der Waals surface area contributed by atoms with Gasteiger partial charge in [-0.2, -0.15) is 0 Å². The van der Waals surface area contributed by atoms with E-state index in [4.69, 9.17) is 11.6 Å². The lowest BCUT2D eigenvalue weighted by atomic mass is 10.1. The number of hydrogen-bond acceptors (Lipinski definition) is 3. The van der Waals surface area contributed by atoms with Crippen LogP contribution in [-0.4, -0.2) is 31.3 Å². The first-order valence-corrected chi connectivity index (χ1v) is 9.30. The summed E-state index contributed by atoms with van der Waals surface area (Å²) in [4.78, 5) is 26.3. The van der Waals surface area contributed by atoms with Crippen LogP contribution in [0.15, 0.2) is 48.5 Å². The number of alkyl halides is 3. The molecular formula is C20H18ClF3N2O3. The molecule has 0 spiro atoms. The van der Waals surface area contributed by atoms with Crippen LogP contribution in [-0.2, 0) is 16.0 Å². The van der Waals surface area contributed by atoms with Gasteiger partial charge < -0.3 is 15.0 Å². The summed E-state index contributed by atoms with van der Waals surface area (Å²) in [6, 6.07) is 12.4. The number of hydrogen-bond donors (Lipinski definition) is 1. The standard InChI is InChI=1S/C20H18ClF3N2O3/c21-14-6-4-13(5-7-14)8-10-25-18(27)17-9-11-26(19(17)28)15-2-1-3-16(12-15)29-20(22,23)24/h1-7,12,17H,8-11H2,(H,25,27)/t17-/m0/s1. The number of benzene rings is 2. The van der Waals surface area contributed by atoms with E-state index in [1.165, 1.54) is 17.0 Å².